The average molecular weight is 346 g/mol. The molecular formula is C22H31FO2. The van der Waals surface area contributed by atoms with Crippen LogP contribution in [-0.4, -0.2) is 5.97 Å². The molecule has 0 spiro atoms. The molecule has 2 rings (SSSR count). The van der Waals surface area contributed by atoms with Crippen LogP contribution in [0.25, 0.3) is 10.8 Å². The minimum absolute atomic E-state index is 0.179. The maximum absolute atomic E-state index is 14.1. The topological polar surface area (TPSA) is 26.3 Å². The lowest BCUT2D eigenvalue weighted by Gasteiger charge is -2.19. The summed E-state index contributed by atoms with van der Waals surface area (Å²) in [6, 6.07) is 6.93. The first kappa shape index (κ1) is 21.1. The number of esters is 1. The fraction of sp³-hybridized carbons (Fsp3) is 0.500. The highest BCUT2D eigenvalue weighted by molar-refractivity contribution is 5.91. The van der Waals surface area contributed by atoms with Gasteiger partial charge in [0.05, 0.1) is 5.41 Å². The van der Waals surface area contributed by atoms with Crippen molar-refractivity contribution < 1.29 is 13.9 Å². The van der Waals surface area contributed by atoms with Gasteiger partial charge < -0.3 is 4.74 Å². The maximum Gasteiger partial charge on any atom is 0.316 e. The molecule has 0 bridgehead atoms. The summed E-state index contributed by atoms with van der Waals surface area (Å²) in [5.41, 5.74) is 1.17. The number of carbonyl (C=O) groups is 1. The number of aryl methyl sites for hydroxylation is 1. The minimum atomic E-state index is -0.565. The fourth-order valence-electron chi connectivity index (χ4n) is 2.64. The van der Waals surface area contributed by atoms with Gasteiger partial charge >= 0.3 is 5.97 Å². The lowest BCUT2D eigenvalue weighted by atomic mass is 9.91. The molecule has 138 valence electrons. The Hall–Kier alpha value is -1.90. The molecule has 0 aliphatic heterocycles. The molecule has 0 aliphatic carbocycles. The third-order valence-electron chi connectivity index (χ3n) is 3.97. The summed E-state index contributed by atoms with van der Waals surface area (Å²) in [6.07, 6.45) is 0.629. The van der Waals surface area contributed by atoms with E-state index in [0.29, 0.717) is 12.2 Å². The van der Waals surface area contributed by atoms with Gasteiger partial charge in [-0.05, 0) is 73.2 Å². The highest BCUT2D eigenvalue weighted by atomic mass is 19.1. The van der Waals surface area contributed by atoms with Crippen molar-refractivity contribution >= 4 is 16.7 Å². The van der Waals surface area contributed by atoms with Gasteiger partial charge in [0.25, 0.3) is 0 Å². The minimum Gasteiger partial charge on any atom is -0.426 e. The van der Waals surface area contributed by atoms with E-state index < -0.39 is 5.41 Å². The van der Waals surface area contributed by atoms with Crippen LogP contribution in [0.4, 0.5) is 4.39 Å². The van der Waals surface area contributed by atoms with Crippen molar-refractivity contribution in [2.75, 3.05) is 0 Å². The summed E-state index contributed by atoms with van der Waals surface area (Å²) in [7, 11) is 0. The van der Waals surface area contributed by atoms with Crippen molar-refractivity contribution in [2.45, 2.75) is 67.7 Å². The van der Waals surface area contributed by atoms with E-state index in [0.717, 1.165) is 21.9 Å². The molecule has 0 saturated carbocycles. The molecule has 0 fully saturated rings. The van der Waals surface area contributed by atoms with Gasteiger partial charge in [0.1, 0.15) is 11.6 Å². The zero-order valence-electron chi connectivity index (χ0n) is 16.8. The Bertz CT molecular complexity index is 740. The summed E-state index contributed by atoms with van der Waals surface area (Å²) in [5, 5.41) is 1.85. The van der Waals surface area contributed by atoms with Gasteiger partial charge in [-0.25, -0.2) is 4.39 Å². The number of rotatable bonds is 3. The molecule has 2 nitrogen and oxygen atoms in total. The van der Waals surface area contributed by atoms with Crippen LogP contribution in [0.15, 0.2) is 24.3 Å². The smallest absolute Gasteiger partial charge is 0.316 e. The molecule has 0 radical (unpaired) electrons. The Morgan fingerprint density at radius 3 is 2.24 bits per heavy atom. The first-order valence-corrected chi connectivity index (χ1v) is 9.12. The molecular weight excluding hydrogens is 315 g/mol. The molecule has 3 heteroatoms. The lowest BCUT2D eigenvalue weighted by Crippen LogP contribution is -2.25. The van der Waals surface area contributed by atoms with Crippen LogP contribution in [0.3, 0.4) is 0 Å². The number of fused-ring (bicyclic) bond motifs is 1. The van der Waals surface area contributed by atoms with Crippen molar-refractivity contribution in [3.05, 3.63) is 41.2 Å². The van der Waals surface area contributed by atoms with Crippen LogP contribution in [0.5, 0.6) is 5.75 Å². The van der Waals surface area contributed by atoms with Crippen molar-refractivity contribution in [3.63, 3.8) is 0 Å². The highest BCUT2D eigenvalue weighted by Gasteiger charge is 2.24. The molecule has 0 atom stereocenters. The Morgan fingerprint density at radius 1 is 1.16 bits per heavy atom. The Labute approximate surface area is 151 Å². The molecule has 0 aromatic heterocycles. The molecule has 0 aliphatic rings. The van der Waals surface area contributed by atoms with Gasteiger partial charge in [-0.15, -0.1) is 0 Å². The second kappa shape index (κ2) is 8.46. The number of benzene rings is 2. The van der Waals surface area contributed by atoms with Crippen LogP contribution in [0.1, 0.15) is 72.4 Å². The quantitative estimate of drug-likeness (QED) is 0.460. The van der Waals surface area contributed by atoms with E-state index in [4.69, 9.17) is 4.74 Å². The highest BCUT2D eigenvalue weighted by Crippen LogP contribution is 2.35. The molecule has 25 heavy (non-hydrogen) atoms. The van der Waals surface area contributed by atoms with E-state index in [1.165, 1.54) is 6.07 Å². The van der Waals surface area contributed by atoms with Crippen molar-refractivity contribution in [1.29, 1.82) is 0 Å². The third kappa shape index (κ3) is 4.81. The number of hydrogen-bond acceptors (Lipinski definition) is 2. The predicted octanol–water partition coefficient (Wildman–Crippen LogP) is 6.64. The Kier molecular flexibility index (Phi) is 7.16. The number of ether oxygens (including phenoxy) is 1. The van der Waals surface area contributed by atoms with Crippen LogP contribution < -0.4 is 4.74 Å². The van der Waals surface area contributed by atoms with E-state index in [1.807, 2.05) is 53.7 Å². The lowest BCUT2D eigenvalue weighted by molar-refractivity contribution is -0.142. The van der Waals surface area contributed by atoms with Crippen LogP contribution in [0, 0.1) is 11.2 Å². The second-order valence-electron chi connectivity index (χ2n) is 7.28. The first-order chi connectivity index (χ1) is 11.6. The standard InChI is InChI=1S/C20H25FO2.C2H6/c1-7-15-17(21)9-8-13-10-14(23-19(22)20(4,5)6)11-16(12(2)3)18(13)15;1-2/h8-12H,7H2,1-6H3;1-2H3. The first-order valence-electron chi connectivity index (χ1n) is 9.12. The number of hydrogen-bond donors (Lipinski definition) is 0. The van der Waals surface area contributed by atoms with Gasteiger partial charge in [0, 0.05) is 0 Å². The summed E-state index contributed by atoms with van der Waals surface area (Å²) in [5.74, 6) is 0.276. The molecule has 0 unspecified atom stereocenters. The van der Waals surface area contributed by atoms with Crippen LogP contribution >= 0.6 is 0 Å². The molecule has 2 aromatic rings. The average Bonchev–Trinajstić information content (AvgIpc) is 2.55. The Morgan fingerprint density at radius 2 is 1.76 bits per heavy atom. The monoisotopic (exact) mass is 346 g/mol. The molecule has 0 saturated heterocycles. The van der Waals surface area contributed by atoms with Crippen molar-refractivity contribution in [3.8, 4) is 5.75 Å². The summed E-state index contributed by atoms with van der Waals surface area (Å²) < 4.78 is 19.7. The fourth-order valence-corrected chi connectivity index (χ4v) is 2.64. The zero-order valence-corrected chi connectivity index (χ0v) is 16.8. The zero-order chi connectivity index (χ0) is 19.4. The molecule has 2 aromatic carbocycles. The van der Waals surface area contributed by atoms with Gasteiger partial charge in [-0.2, -0.15) is 0 Å². The largest absolute Gasteiger partial charge is 0.426 e. The summed E-state index contributed by atoms with van der Waals surface area (Å²) in [4.78, 5) is 12.1. The van der Waals surface area contributed by atoms with Gasteiger partial charge in [0.2, 0.25) is 0 Å². The van der Waals surface area contributed by atoms with E-state index in [9.17, 15) is 9.18 Å². The molecule has 0 N–H and O–H groups in total. The third-order valence-corrected chi connectivity index (χ3v) is 3.97. The van der Waals surface area contributed by atoms with Gasteiger partial charge in [-0.3, -0.25) is 4.79 Å². The normalized spacial score (nSPS) is 11.3. The van der Waals surface area contributed by atoms with Crippen molar-refractivity contribution in [1.82, 2.24) is 0 Å². The molecule has 0 amide bonds. The van der Waals surface area contributed by atoms with Crippen LogP contribution in [0.2, 0.25) is 0 Å². The predicted molar refractivity (Wildman–Crippen MR) is 104 cm³/mol. The SMILES string of the molecule is CC.CCc1c(F)ccc2cc(OC(=O)C(C)(C)C)cc(C(C)C)c12. The summed E-state index contributed by atoms with van der Waals surface area (Å²) in [6.45, 7) is 15.6. The summed E-state index contributed by atoms with van der Waals surface area (Å²) >= 11 is 0. The maximum atomic E-state index is 14.1. The molecule has 0 heterocycles. The van der Waals surface area contributed by atoms with E-state index in [2.05, 4.69) is 13.8 Å². The second-order valence-corrected chi connectivity index (χ2v) is 7.28. The number of halogens is 1. The van der Waals surface area contributed by atoms with Crippen LogP contribution in [-0.2, 0) is 11.2 Å². The van der Waals surface area contributed by atoms with Crippen molar-refractivity contribution in [2.24, 2.45) is 5.41 Å². The van der Waals surface area contributed by atoms with E-state index >= 15 is 0 Å². The van der Waals surface area contributed by atoms with E-state index in [1.54, 1.807) is 6.07 Å². The Balaban J connectivity index is 0.00000151. The van der Waals surface area contributed by atoms with E-state index in [-0.39, 0.29) is 17.7 Å². The van der Waals surface area contributed by atoms with Gasteiger partial charge in [0.15, 0.2) is 0 Å². The van der Waals surface area contributed by atoms with Gasteiger partial charge in [-0.1, -0.05) is 40.7 Å². The number of carbonyl (C=O) groups excluding carboxylic acids is 1.